The van der Waals surface area contributed by atoms with Crippen molar-refractivity contribution in [1.82, 2.24) is 4.90 Å². The van der Waals surface area contributed by atoms with Gasteiger partial charge in [-0.15, -0.1) is 0 Å². The number of cyclic esters (lactones) is 1. The predicted molar refractivity (Wildman–Crippen MR) is 80.3 cm³/mol. The number of carbonyl (C=O) groups excluding carboxylic acids is 2. The van der Waals surface area contributed by atoms with Crippen molar-refractivity contribution in [1.29, 1.82) is 0 Å². The third kappa shape index (κ3) is 5.22. The second-order valence-electron chi connectivity index (χ2n) is 5.08. The zero-order chi connectivity index (χ0) is 16.5. The minimum Gasteiger partial charge on any atom is -0.444 e. The summed E-state index contributed by atoms with van der Waals surface area (Å²) in [5, 5.41) is 0. The molecule has 0 aliphatic carbocycles. The molecule has 1 amide bonds. The quantitative estimate of drug-likeness (QED) is 0.413. The van der Waals surface area contributed by atoms with Crippen molar-refractivity contribution in [2.24, 2.45) is 0 Å². The minimum atomic E-state index is -0.621. The van der Waals surface area contributed by atoms with Crippen LogP contribution in [0.2, 0.25) is 0 Å². The Bertz CT molecular complexity index is 507. The molecule has 0 bridgehead atoms. The van der Waals surface area contributed by atoms with Crippen molar-refractivity contribution in [3.05, 3.63) is 35.9 Å². The molecule has 1 saturated heterocycles. The molecule has 23 heavy (non-hydrogen) atoms. The summed E-state index contributed by atoms with van der Waals surface area (Å²) in [6.07, 6.45) is 0.525. The van der Waals surface area contributed by atoms with Gasteiger partial charge in [0, 0.05) is 13.7 Å². The van der Waals surface area contributed by atoms with Crippen molar-refractivity contribution in [2.45, 2.75) is 25.5 Å². The first-order valence-corrected chi connectivity index (χ1v) is 7.43. The Morgan fingerprint density at radius 2 is 2.13 bits per heavy atom. The van der Waals surface area contributed by atoms with E-state index in [2.05, 4.69) is 0 Å². The Morgan fingerprint density at radius 1 is 1.35 bits per heavy atom. The fraction of sp³-hybridized carbons (Fsp3) is 0.500. The van der Waals surface area contributed by atoms with Gasteiger partial charge in [-0.25, -0.2) is 9.59 Å². The molecule has 126 valence electrons. The highest BCUT2D eigenvalue weighted by Gasteiger charge is 2.38. The number of amides is 1. The van der Waals surface area contributed by atoms with E-state index in [4.69, 9.17) is 18.9 Å². The Balaban J connectivity index is 1.79. The maximum Gasteiger partial charge on any atom is 0.413 e. The van der Waals surface area contributed by atoms with Gasteiger partial charge in [0.15, 0.2) is 6.73 Å². The summed E-state index contributed by atoms with van der Waals surface area (Å²) < 4.78 is 20.1. The number of rotatable bonds is 8. The number of nitrogens with zero attached hydrogens (tertiary/aromatic N) is 1. The molecular formula is C16H21NO6. The summed E-state index contributed by atoms with van der Waals surface area (Å²) in [4.78, 5) is 25.2. The van der Waals surface area contributed by atoms with Gasteiger partial charge in [-0.05, 0) is 18.4 Å². The molecule has 0 radical (unpaired) electrons. The molecule has 1 aromatic rings. The van der Waals surface area contributed by atoms with Crippen LogP contribution in [0.4, 0.5) is 4.79 Å². The van der Waals surface area contributed by atoms with Gasteiger partial charge in [-0.1, -0.05) is 30.3 Å². The van der Waals surface area contributed by atoms with Gasteiger partial charge in [0.1, 0.15) is 19.4 Å². The van der Waals surface area contributed by atoms with Crippen LogP contribution in [0.5, 0.6) is 0 Å². The van der Waals surface area contributed by atoms with E-state index in [1.54, 1.807) is 7.11 Å². The van der Waals surface area contributed by atoms with Crippen LogP contribution in [0.15, 0.2) is 30.3 Å². The summed E-state index contributed by atoms with van der Waals surface area (Å²) in [6.45, 7) is 0.743. The van der Waals surface area contributed by atoms with Crippen molar-refractivity contribution in [3.8, 4) is 0 Å². The predicted octanol–water partition coefficient (Wildman–Crippen LogP) is 1.91. The van der Waals surface area contributed by atoms with E-state index in [0.29, 0.717) is 19.4 Å². The Labute approximate surface area is 135 Å². The number of carbonyl (C=O) groups is 2. The average Bonchev–Trinajstić information content (AvgIpc) is 2.94. The molecule has 7 nitrogen and oxygen atoms in total. The van der Waals surface area contributed by atoms with Crippen LogP contribution < -0.4 is 0 Å². The minimum absolute atomic E-state index is 0.0734. The van der Waals surface area contributed by atoms with Crippen LogP contribution in [-0.2, 0) is 30.3 Å². The SMILES string of the molecule is COCOCCC[C@H]1C(=O)OCN1C(=O)OCc1ccccc1. The molecular weight excluding hydrogens is 302 g/mol. The lowest BCUT2D eigenvalue weighted by molar-refractivity contribution is -0.139. The summed E-state index contributed by atoms with van der Waals surface area (Å²) in [7, 11) is 1.54. The number of hydrogen-bond donors (Lipinski definition) is 0. The Kier molecular flexibility index (Phi) is 6.83. The molecule has 2 rings (SSSR count). The molecule has 1 aliphatic heterocycles. The zero-order valence-electron chi connectivity index (χ0n) is 13.1. The van der Waals surface area contributed by atoms with E-state index in [1.165, 1.54) is 4.90 Å². The van der Waals surface area contributed by atoms with Crippen LogP contribution in [0.25, 0.3) is 0 Å². The highest BCUT2D eigenvalue weighted by molar-refractivity contribution is 5.83. The third-order valence-electron chi connectivity index (χ3n) is 3.40. The van der Waals surface area contributed by atoms with Crippen LogP contribution in [0.1, 0.15) is 18.4 Å². The number of methoxy groups -OCH3 is 1. The van der Waals surface area contributed by atoms with Gasteiger partial charge >= 0.3 is 12.1 Å². The van der Waals surface area contributed by atoms with Gasteiger partial charge in [-0.3, -0.25) is 4.90 Å². The zero-order valence-corrected chi connectivity index (χ0v) is 13.1. The molecule has 0 aromatic heterocycles. The van der Waals surface area contributed by atoms with E-state index in [-0.39, 0.29) is 20.1 Å². The maximum atomic E-state index is 12.1. The van der Waals surface area contributed by atoms with Gasteiger partial charge in [0.05, 0.1) is 0 Å². The normalized spacial score (nSPS) is 17.2. The molecule has 1 aliphatic rings. The van der Waals surface area contributed by atoms with Crippen molar-refractivity contribution in [2.75, 3.05) is 27.2 Å². The molecule has 0 saturated carbocycles. The third-order valence-corrected chi connectivity index (χ3v) is 3.40. The van der Waals surface area contributed by atoms with Crippen LogP contribution >= 0.6 is 0 Å². The van der Waals surface area contributed by atoms with E-state index in [0.717, 1.165) is 5.56 Å². The van der Waals surface area contributed by atoms with E-state index < -0.39 is 18.1 Å². The molecule has 7 heteroatoms. The number of ether oxygens (including phenoxy) is 4. The van der Waals surface area contributed by atoms with Gasteiger partial charge in [0.2, 0.25) is 0 Å². The topological polar surface area (TPSA) is 74.3 Å². The van der Waals surface area contributed by atoms with Gasteiger partial charge in [0.25, 0.3) is 0 Å². The number of benzene rings is 1. The molecule has 0 unspecified atom stereocenters. The highest BCUT2D eigenvalue weighted by atomic mass is 16.7. The van der Waals surface area contributed by atoms with Crippen LogP contribution in [0, 0.1) is 0 Å². The first kappa shape index (κ1) is 17.2. The van der Waals surface area contributed by atoms with E-state index in [9.17, 15) is 9.59 Å². The lowest BCUT2D eigenvalue weighted by Crippen LogP contribution is -2.38. The maximum absolute atomic E-state index is 12.1. The summed E-state index contributed by atoms with van der Waals surface area (Å²) in [5.74, 6) is -0.409. The van der Waals surface area contributed by atoms with Crippen molar-refractivity contribution >= 4 is 12.1 Å². The Morgan fingerprint density at radius 3 is 2.87 bits per heavy atom. The van der Waals surface area contributed by atoms with E-state index in [1.807, 2.05) is 30.3 Å². The van der Waals surface area contributed by atoms with E-state index >= 15 is 0 Å². The van der Waals surface area contributed by atoms with Crippen molar-refractivity contribution < 1.29 is 28.5 Å². The molecule has 0 spiro atoms. The lowest BCUT2D eigenvalue weighted by Gasteiger charge is -2.19. The fourth-order valence-electron chi connectivity index (χ4n) is 2.22. The molecule has 1 aromatic carbocycles. The fourth-order valence-corrected chi connectivity index (χ4v) is 2.22. The largest absolute Gasteiger partial charge is 0.444 e. The number of hydrogen-bond acceptors (Lipinski definition) is 6. The summed E-state index contributed by atoms with van der Waals surface area (Å²) >= 11 is 0. The Hall–Kier alpha value is -2.12. The monoisotopic (exact) mass is 323 g/mol. The van der Waals surface area contributed by atoms with Crippen LogP contribution in [-0.4, -0.2) is 50.2 Å². The van der Waals surface area contributed by atoms with Crippen LogP contribution in [0.3, 0.4) is 0 Å². The first-order valence-electron chi connectivity index (χ1n) is 7.43. The molecule has 1 heterocycles. The molecule has 0 N–H and O–H groups in total. The standard InChI is InChI=1S/C16H21NO6/c1-20-12-21-9-5-8-14-15(18)23-11-17(14)16(19)22-10-13-6-3-2-4-7-13/h2-4,6-7,14H,5,8-12H2,1H3/t14-/m0/s1. The van der Waals surface area contributed by atoms with Crippen molar-refractivity contribution in [3.63, 3.8) is 0 Å². The first-order chi connectivity index (χ1) is 11.2. The lowest BCUT2D eigenvalue weighted by atomic mass is 10.1. The average molecular weight is 323 g/mol. The van der Waals surface area contributed by atoms with Gasteiger partial charge < -0.3 is 18.9 Å². The molecule has 1 fully saturated rings. The van der Waals surface area contributed by atoms with Gasteiger partial charge in [-0.2, -0.15) is 0 Å². The second kappa shape index (κ2) is 9.12. The highest BCUT2D eigenvalue weighted by Crippen LogP contribution is 2.18. The molecule has 1 atom stereocenters. The summed E-state index contributed by atoms with van der Waals surface area (Å²) in [6, 6.07) is 8.74. The number of esters is 1. The second-order valence-corrected chi connectivity index (χ2v) is 5.08. The summed E-state index contributed by atoms with van der Waals surface area (Å²) in [5.41, 5.74) is 0.886. The smallest absolute Gasteiger partial charge is 0.413 e.